The van der Waals surface area contributed by atoms with Crippen molar-refractivity contribution < 1.29 is 0 Å². The van der Waals surface area contributed by atoms with Crippen LogP contribution in [0, 0.1) is 13.8 Å². The van der Waals surface area contributed by atoms with Gasteiger partial charge in [0.2, 0.25) is 0 Å². The van der Waals surface area contributed by atoms with Crippen LogP contribution in [0.15, 0.2) is 102 Å². The maximum Gasteiger partial charge on any atom is 0.0462 e. The van der Waals surface area contributed by atoms with Crippen LogP contribution in [0.1, 0.15) is 22.3 Å². The van der Waals surface area contributed by atoms with Gasteiger partial charge in [0.1, 0.15) is 0 Å². The fourth-order valence-electron chi connectivity index (χ4n) is 3.35. The number of nitrogens with zero attached hydrogens (tertiary/aromatic N) is 1. The Hall–Kier alpha value is -3.23. The molecule has 2 heteroatoms. The van der Waals surface area contributed by atoms with E-state index in [9.17, 15) is 0 Å². The molecule has 0 fully saturated rings. The summed E-state index contributed by atoms with van der Waals surface area (Å²) in [6.45, 7) is 4.23. The highest BCUT2D eigenvalue weighted by Crippen LogP contribution is 2.34. The summed E-state index contributed by atoms with van der Waals surface area (Å²) in [5, 5.41) is 0. The highest BCUT2D eigenvalue weighted by atomic mass is 32.1. The Bertz CT molecular complexity index is 1080. The first-order valence-corrected chi connectivity index (χ1v) is 10.5. The standard InChI is InChI=1S/C28H25NS/c1-21-3-13-25(14-4-21)29(26-15-5-22(2)6-16-26)27-17-9-23(10-18-27)7-8-24-11-19-28(30)20-12-24/h3-20,30H,1-2H3. The molecule has 0 aliphatic heterocycles. The fraction of sp³-hybridized carbons (Fsp3) is 0.0714. The molecule has 0 radical (unpaired) electrons. The summed E-state index contributed by atoms with van der Waals surface area (Å²) in [5.74, 6) is 0. The van der Waals surface area contributed by atoms with E-state index in [0.717, 1.165) is 27.5 Å². The number of benzene rings is 4. The molecule has 0 bridgehead atoms. The number of anilines is 3. The molecular formula is C28H25NS. The van der Waals surface area contributed by atoms with E-state index in [0.29, 0.717) is 0 Å². The molecule has 0 aliphatic rings. The zero-order chi connectivity index (χ0) is 20.9. The molecule has 0 aromatic heterocycles. The second kappa shape index (κ2) is 9.06. The van der Waals surface area contributed by atoms with E-state index in [-0.39, 0.29) is 0 Å². The third kappa shape index (κ3) is 4.84. The van der Waals surface area contributed by atoms with Crippen molar-refractivity contribution in [2.75, 3.05) is 4.90 Å². The molecule has 0 aliphatic carbocycles. The van der Waals surface area contributed by atoms with Gasteiger partial charge in [-0.3, -0.25) is 0 Å². The number of aryl methyl sites for hydroxylation is 2. The molecule has 148 valence electrons. The van der Waals surface area contributed by atoms with Gasteiger partial charge < -0.3 is 4.90 Å². The number of thiol groups is 1. The maximum atomic E-state index is 4.34. The molecule has 4 aromatic carbocycles. The smallest absolute Gasteiger partial charge is 0.0462 e. The minimum Gasteiger partial charge on any atom is -0.311 e. The van der Waals surface area contributed by atoms with Crippen LogP contribution >= 0.6 is 12.6 Å². The molecule has 0 spiro atoms. The van der Waals surface area contributed by atoms with Crippen molar-refractivity contribution in [3.05, 3.63) is 119 Å². The molecule has 30 heavy (non-hydrogen) atoms. The van der Waals surface area contributed by atoms with Crippen molar-refractivity contribution >= 4 is 41.8 Å². The lowest BCUT2D eigenvalue weighted by molar-refractivity contribution is 1.27. The average Bonchev–Trinajstić information content (AvgIpc) is 2.77. The molecule has 0 unspecified atom stereocenters. The van der Waals surface area contributed by atoms with Crippen LogP contribution in [-0.4, -0.2) is 0 Å². The quantitative estimate of drug-likeness (QED) is 0.257. The molecule has 4 rings (SSSR count). The number of hydrogen-bond donors (Lipinski definition) is 1. The van der Waals surface area contributed by atoms with Crippen LogP contribution in [0.4, 0.5) is 17.1 Å². The van der Waals surface area contributed by atoms with Crippen molar-refractivity contribution in [2.45, 2.75) is 18.7 Å². The largest absolute Gasteiger partial charge is 0.311 e. The lowest BCUT2D eigenvalue weighted by Crippen LogP contribution is -2.09. The van der Waals surface area contributed by atoms with Gasteiger partial charge in [-0.2, -0.15) is 0 Å². The number of hydrogen-bond acceptors (Lipinski definition) is 2. The summed E-state index contributed by atoms with van der Waals surface area (Å²) < 4.78 is 0. The predicted molar refractivity (Wildman–Crippen MR) is 133 cm³/mol. The van der Waals surface area contributed by atoms with Crippen LogP contribution in [0.3, 0.4) is 0 Å². The van der Waals surface area contributed by atoms with Crippen molar-refractivity contribution in [1.29, 1.82) is 0 Å². The zero-order valence-electron chi connectivity index (χ0n) is 17.3. The minimum atomic E-state index is 0.976. The summed E-state index contributed by atoms with van der Waals surface area (Å²) in [5.41, 5.74) is 8.29. The van der Waals surface area contributed by atoms with Gasteiger partial charge in [0.15, 0.2) is 0 Å². The Morgan fingerprint density at radius 1 is 0.500 bits per heavy atom. The first-order valence-electron chi connectivity index (χ1n) is 10.1. The van der Waals surface area contributed by atoms with E-state index < -0.39 is 0 Å². The van der Waals surface area contributed by atoms with Gasteiger partial charge in [-0.15, -0.1) is 12.6 Å². The van der Waals surface area contributed by atoms with E-state index in [1.54, 1.807) is 0 Å². The molecule has 0 N–H and O–H groups in total. The van der Waals surface area contributed by atoms with Gasteiger partial charge in [-0.05, 0) is 73.5 Å². The van der Waals surface area contributed by atoms with Gasteiger partial charge in [-0.1, -0.05) is 71.8 Å². The van der Waals surface area contributed by atoms with Crippen molar-refractivity contribution in [3.8, 4) is 0 Å². The van der Waals surface area contributed by atoms with Crippen LogP contribution in [0.25, 0.3) is 12.2 Å². The van der Waals surface area contributed by atoms with Gasteiger partial charge in [0, 0.05) is 22.0 Å². The normalized spacial score (nSPS) is 11.0. The SMILES string of the molecule is Cc1ccc(N(c2ccc(C)cc2)c2ccc(C=Cc3ccc(S)cc3)cc2)cc1. The Balaban J connectivity index is 1.64. The Morgan fingerprint density at radius 3 is 1.23 bits per heavy atom. The Kier molecular flexibility index (Phi) is 6.06. The van der Waals surface area contributed by atoms with E-state index in [1.165, 1.54) is 16.7 Å². The lowest BCUT2D eigenvalue weighted by Gasteiger charge is -2.25. The topological polar surface area (TPSA) is 3.24 Å². The Morgan fingerprint density at radius 2 is 0.833 bits per heavy atom. The van der Waals surface area contributed by atoms with Crippen LogP contribution in [0.2, 0.25) is 0 Å². The monoisotopic (exact) mass is 407 g/mol. The van der Waals surface area contributed by atoms with E-state index in [4.69, 9.17) is 0 Å². The maximum absolute atomic E-state index is 4.34. The summed E-state index contributed by atoms with van der Waals surface area (Å²) in [6, 6.07) is 34.2. The zero-order valence-corrected chi connectivity index (χ0v) is 18.2. The van der Waals surface area contributed by atoms with Crippen molar-refractivity contribution in [2.24, 2.45) is 0 Å². The van der Waals surface area contributed by atoms with Crippen LogP contribution in [0.5, 0.6) is 0 Å². The molecule has 0 saturated carbocycles. The summed E-state index contributed by atoms with van der Waals surface area (Å²) in [7, 11) is 0. The second-order valence-electron chi connectivity index (χ2n) is 7.52. The molecule has 0 saturated heterocycles. The molecule has 1 nitrogen and oxygen atoms in total. The van der Waals surface area contributed by atoms with Crippen molar-refractivity contribution in [3.63, 3.8) is 0 Å². The van der Waals surface area contributed by atoms with E-state index in [1.807, 2.05) is 12.1 Å². The van der Waals surface area contributed by atoms with Gasteiger partial charge in [0.25, 0.3) is 0 Å². The summed E-state index contributed by atoms with van der Waals surface area (Å²) >= 11 is 4.34. The highest BCUT2D eigenvalue weighted by Gasteiger charge is 2.11. The first kappa shape index (κ1) is 20.1. The summed E-state index contributed by atoms with van der Waals surface area (Å²) in [6.07, 6.45) is 4.26. The van der Waals surface area contributed by atoms with E-state index >= 15 is 0 Å². The van der Waals surface area contributed by atoms with Crippen LogP contribution < -0.4 is 4.90 Å². The molecular weight excluding hydrogens is 382 g/mol. The van der Waals surface area contributed by atoms with Gasteiger partial charge >= 0.3 is 0 Å². The van der Waals surface area contributed by atoms with Crippen LogP contribution in [-0.2, 0) is 0 Å². The number of rotatable bonds is 5. The molecule has 4 aromatic rings. The first-order chi connectivity index (χ1) is 14.6. The predicted octanol–water partition coefficient (Wildman–Crippen LogP) is 8.23. The highest BCUT2D eigenvalue weighted by molar-refractivity contribution is 7.80. The van der Waals surface area contributed by atoms with Gasteiger partial charge in [0.05, 0.1) is 0 Å². The second-order valence-corrected chi connectivity index (χ2v) is 8.04. The fourth-order valence-corrected chi connectivity index (χ4v) is 3.50. The third-order valence-corrected chi connectivity index (χ3v) is 5.40. The molecule has 0 atom stereocenters. The third-order valence-electron chi connectivity index (χ3n) is 5.10. The lowest BCUT2D eigenvalue weighted by atomic mass is 10.1. The molecule has 0 amide bonds. The van der Waals surface area contributed by atoms with E-state index in [2.05, 4.69) is 128 Å². The van der Waals surface area contributed by atoms with Crippen molar-refractivity contribution in [1.82, 2.24) is 0 Å². The molecule has 0 heterocycles. The average molecular weight is 408 g/mol. The minimum absolute atomic E-state index is 0.976. The van der Waals surface area contributed by atoms with Gasteiger partial charge in [-0.25, -0.2) is 0 Å². The summed E-state index contributed by atoms with van der Waals surface area (Å²) in [4.78, 5) is 3.27. The Labute approximate surface area is 184 Å².